The molecule has 0 aromatic heterocycles. The Morgan fingerprint density at radius 1 is 1.39 bits per heavy atom. The Kier molecular flexibility index (Phi) is 4.65. The highest BCUT2D eigenvalue weighted by molar-refractivity contribution is 5.55. The molecule has 1 aliphatic heterocycles. The number of benzene rings is 1. The number of nitrogens with zero attached hydrogens (tertiary/aromatic N) is 1. The molecule has 100 valence electrons. The van der Waals surface area contributed by atoms with Crippen LogP contribution in [-0.2, 0) is 0 Å². The highest BCUT2D eigenvalue weighted by atomic mass is 16.3. The Morgan fingerprint density at radius 3 is 2.94 bits per heavy atom. The van der Waals surface area contributed by atoms with Crippen LogP contribution in [-0.4, -0.2) is 18.2 Å². The fourth-order valence-electron chi connectivity index (χ4n) is 2.96. The van der Waals surface area contributed by atoms with E-state index < -0.39 is 0 Å². The molecule has 1 N–H and O–H groups in total. The zero-order chi connectivity index (χ0) is 13.0. The van der Waals surface area contributed by atoms with Gasteiger partial charge < -0.3 is 10.0 Å². The molecule has 2 heteroatoms. The van der Waals surface area contributed by atoms with Crippen molar-refractivity contribution in [3.63, 3.8) is 0 Å². The molecule has 0 bridgehead atoms. The summed E-state index contributed by atoms with van der Waals surface area (Å²) in [5.74, 6) is 0.721. The molecule has 0 spiro atoms. The molecule has 0 fully saturated rings. The molecule has 2 unspecified atom stereocenters. The van der Waals surface area contributed by atoms with E-state index in [-0.39, 0.29) is 6.10 Å². The maximum atomic E-state index is 10.2. The first kappa shape index (κ1) is 13.4. The lowest BCUT2D eigenvalue weighted by Gasteiger charge is -2.28. The molecule has 2 rings (SSSR count). The molecule has 0 saturated heterocycles. The molecule has 0 amide bonds. The van der Waals surface area contributed by atoms with Gasteiger partial charge in [0, 0.05) is 24.3 Å². The quantitative estimate of drug-likeness (QED) is 0.875. The minimum absolute atomic E-state index is 0.285. The summed E-state index contributed by atoms with van der Waals surface area (Å²) in [5.41, 5.74) is 2.35. The lowest BCUT2D eigenvalue weighted by atomic mass is 10.0. The number of aliphatic hydroxyl groups is 1. The maximum Gasteiger partial charge on any atom is 0.0810 e. The summed E-state index contributed by atoms with van der Waals surface area (Å²) in [6, 6.07) is 8.33. The van der Waals surface area contributed by atoms with Crippen LogP contribution < -0.4 is 4.90 Å². The van der Waals surface area contributed by atoms with Gasteiger partial charge in [-0.3, -0.25) is 0 Å². The molecule has 18 heavy (non-hydrogen) atoms. The zero-order valence-corrected chi connectivity index (χ0v) is 11.6. The van der Waals surface area contributed by atoms with Gasteiger partial charge in [-0.05, 0) is 31.2 Å². The number of rotatable bonds is 4. The normalized spacial score (nSPS) is 21.3. The average molecular weight is 247 g/mol. The maximum absolute atomic E-state index is 10.2. The SMILES string of the molecule is CCCC(C)CN1CCCC(O)c2ccccc21. The second-order valence-electron chi connectivity index (χ2n) is 5.56. The topological polar surface area (TPSA) is 23.5 Å². The number of aliphatic hydroxyl groups excluding tert-OH is 1. The molecule has 1 heterocycles. The van der Waals surface area contributed by atoms with Crippen LogP contribution in [0.3, 0.4) is 0 Å². The average Bonchev–Trinajstić information content (AvgIpc) is 2.51. The van der Waals surface area contributed by atoms with Gasteiger partial charge >= 0.3 is 0 Å². The van der Waals surface area contributed by atoms with E-state index >= 15 is 0 Å². The van der Waals surface area contributed by atoms with Gasteiger partial charge in [-0.25, -0.2) is 0 Å². The monoisotopic (exact) mass is 247 g/mol. The summed E-state index contributed by atoms with van der Waals surface area (Å²) in [4.78, 5) is 2.46. The van der Waals surface area contributed by atoms with E-state index in [0.29, 0.717) is 0 Å². The minimum Gasteiger partial charge on any atom is -0.388 e. The van der Waals surface area contributed by atoms with Crippen molar-refractivity contribution in [1.82, 2.24) is 0 Å². The van der Waals surface area contributed by atoms with E-state index in [0.717, 1.165) is 37.4 Å². The number of hydrogen-bond acceptors (Lipinski definition) is 2. The van der Waals surface area contributed by atoms with Crippen molar-refractivity contribution in [3.05, 3.63) is 29.8 Å². The molecule has 2 atom stereocenters. The number of para-hydroxylation sites is 1. The van der Waals surface area contributed by atoms with Gasteiger partial charge in [-0.1, -0.05) is 38.5 Å². The van der Waals surface area contributed by atoms with E-state index in [2.05, 4.69) is 36.9 Å². The molecule has 0 radical (unpaired) electrons. The van der Waals surface area contributed by atoms with Crippen molar-refractivity contribution in [2.45, 2.75) is 45.6 Å². The first-order chi connectivity index (χ1) is 8.72. The van der Waals surface area contributed by atoms with Crippen molar-refractivity contribution >= 4 is 5.69 Å². The number of anilines is 1. The molecule has 0 saturated carbocycles. The van der Waals surface area contributed by atoms with E-state index in [9.17, 15) is 5.11 Å². The summed E-state index contributed by atoms with van der Waals surface area (Å²) in [7, 11) is 0. The molecule has 1 aromatic carbocycles. The summed E-state index contributed by atoms with van der Waals surface area (Å²) in [5, 5.41) is 10.2. The molecule has 1 aliphatic rings. The number of hydrogen-bond donors (Lipinski definition) is 1. The van der Waals surface area contributed by atoms with Gasteiger partial charge in [0.25, 0.3) is 0 Å². The Morgan fingerprint density at radius 2 is 2.17 bits per heavy atom. The minimum atomic E-state index is -0.285. The van der Waals surface area contributed by atoms with Crippen LogP contribution in [0.15, 0.2) is 24.3 Å². The van der Waals surface area contributed by atoms with Gasteiger partial charge in [-0.15, -0.1) is 0 Å². The summed E-state index contributed by atoms with van der Waals surface area (Å²) in [6.07, 6.45) is 4.21. The van der Waals surface area contributed by atoms with E-state index in [1.165, 1.54) is 18.5 Å². The largest absolute Gasteiger partial charge is 0.388 e. The third-order valence-electron chi connectivity index (χ3n) is 3.86. The van der Waals surface area contributed by atoms with E-state index in [4.69, 9.17) is 0 Å². The van der Waals surface area contributed by atoms with Crippen LogP contribution in [0.25, 0.3) is 0 Å². The lowest BCUT2D eigenvalue weighted by Crippen LogP contribution is -2.29. The molecule has 1 aromatic rings. The summed E-state index contributed by atoms with van der Waals surface area (Å²) < 4.78 is 0. The fourth-order valence-corrected chi connectivity index (χ4v) is 2.96. The van der Waals surface area contributed by atoms with Crippen LogP contribution in [0.4, 0.5) is 5.69 Å². The Hall–Kier alpha value is -1.02. The van der Waals surface area contributed by atoms with Crippen LogP contribution in [0.1, 0.15) is 51.2 Å². The summed E-state index contributed by atoms with van der Waals surface area (Å²) in [6.45, 7) is 6.75. The van der Waals surface area contributed by atoms with Gasteiger partial charge in [0.2, 0.25) is 0 Å². The van der Waals surface area contributed by atoms with Gasteiger partial charge in [0.15, 0.2) is 0 Å². The Balaban J connectivity index is 2.18. The second kappa shape index (κ2) is 6.24. The van der Waals surface area contributed by atoms with Crippen LogP contribution >= 0.6 is 0 Å². The Bertz CT molecular complexity index is 377. The third-order valence-corrected chi connectivity index (χ3v) is 3.86. The van der Waals surface area contributed by atoms with Gasteiger partial charge in [0.05, 0.1) is 6.10 Å². The standard InChI is InChI=1S/C16H25NO/c1-3-7-13(2)12-17-11-6-10-16(18)14-8-4-5-9-15(14)17/h4-5,8-9,13,16,18H,3,6-7,10-12H2,1-2H3. The van der Waals surface area contributed by atoms with Crippen molar-refractivity contribution in [2.24, 2.45) is 5.92 Å². The van der Waals surface area contributed by atoms with Crippen molar-refractivity contribution in [1.29, 1.82) is 0 Å². The first-order valence-electron chi connectivity index (χ1n) is 7.24. The fraction of sp³-hybridized carbons (Fsp3) is 0.625. The van der Waals surface area contributed by atoms with Crippen molar-refractivity contribution in [3.8, 4) is 0 Å². The highest BCUT2D eigenvalue weighted by Gasteiger charge is 2.21. The molecular formula is C16H25NO. The van der Waals surface area contributed by atoms with E-state index in [1.54, 1.807) is 0 Å². The zero-order valence-electron chi connectivity index (χ0n) is 11.6. The molecule has 2 nitrogen and oxygen atoms in total. The van der Waals surface area contributed by atoms with Crippen LogP contribution in [0, 0.1) is 5.92 Å². The van der Waals surface area contributed by atoms with Crippen LogP contribution in [0.2, 0.25) is 0 Å². The van der Waals surface area contributed by atoms with Gasteiger partial charge in [-0.2, -0.15) is 0 Å². The second-order valence-corrected chi connectivity index (χ2v) is 5.56. The number of fused-ring (bicyclic) bond motifs is 1. The third kappa shape index (κ3) is 3.05. The predicted molar refractivity (Wildman–Crippen MR) is 76.9 cm³/mol. The smallest absolute Gasteiger partial charge is 0.0810 e. The molecular weight excluding hydrogens is 222 g/mol. The Labute approximate surface area is 111 Å². The van der Waals surface area contributed by atoms with E-state index in [1.807, 2.05) is 6.07 Å². The van der Waals surface area contributed by atoms with Crippen LogP contribution in [0.5, 0.6) is 0 Å². The lowest BCUT2D eigenvalue weighted by molar-refractivity contribution is 0.168. The molecule has 0 aliphatic carbocycles. The van der Waals surface area contributed by atoms with Crippen molar-refractivity contribution in [2.75, 3.05) is 18.0 Å². The van der Waals surface area contributed by atoms with Crippen molar-refractivity contribution < 1.29 is 5.11 Å². The predicted octanol–water partition coefficient (Wildman–Crippen LogP) is 3.76. The summed E-state index contributed by atoms with van der Waals surface area (Å²) >= 11 is 0. The first-order valence-corrected chi connectivity index (χ1v) is 7.24. The van der Waals surface area contributed by atoms with Gasteiger partial charge in [0.1, 0.15) is 0 Å². The highest BCUT2D eigenvalue weighted by Crippen LogP contribution is 2.33.